The smallest absolute Gasteiger partial charge is 0.329 e. The van der Waals surface area contributed by atoms with Gasteiger partial charge in [0, 0.05) is 11.4 Å². The highest BCUT2D eigenvalue weighted by Crippen LogP contribution is 2.03. The first kappa shape index (κ1) is 12.3. The Bertz CT molecular complexity index is 378. The maximum absolute atomic E-state index is 11.3. The summed E-state index contributed by atoms with van der Waals surface area (Å²) in [6.07, 6.45) is 0. The maximum atomic E-state index is 11.3. The van der Waals surface area contributed by atoms with E-state index in [-0.39, 0.29) is 12.5 Å². The topological polar surface area (TPSA) is 80.6 Å². The van der Waals surface area contributed by atoms with Gasteiger partial charge in [0.2, 0.25) is 0 Å². The first-order chi connectivity index (χ1) is 7.50. The molecule has 1 heterocycles. The van der Waals surface area contributed by atoms with Crippen molar-refractivity contribution in [3.05, 3.63) is 23.5 Å². The second-order valence-electron chi connectivity index (χ2n) is 3.37. The molecule has 1 rings (SSSR count). The van der Waals surface area contributed by atoms with Crippen LogP contribution in [-0.2, 0) is 14.3 Å². The molecule has 1 amide bonds. The average molecular weight is 226 g/mol. The van der Waals surface area contributed by atoms with Crippen LogP contribution in [-0.4, -0.2) is 34.9 Å². The molecule has 1 aromatic rings. The number of aromatic nitrogens is 1. The normalized spacial score (nSPS) is 10.1. The molecular formula is C10H14N2O4. The zero-order chi connectivity index (χ0) is 12.1. The Morgan fingerprint density at radius 2 is 1.88 bits per heavy atom. The van der Waals surface area contributed by atoms with Gasteiger partial charge in [-0.25, -0.2) is 4.79 Å². The standard InChI is InChI=1S/C10H14N2O4/c1-7-3-4-8(2)12(7)11-9(13)5-16-6-10(14)15/h3-4H,5-6H2,1-2H3,(H,11,13)(H,14,15). The molecular weight excluding hydrogens is 212 g/mol. The Labute approximate surface area is 92.8 Å². The summed E-state index contributed by atoms with van der Waals surface area (Å²) in [5.41, 5.74) is 4.38. The number of amides is 1. The summed E-state index contributed by atoms with van der Waals surface area (Å²) < 4.78 is 6.28. The number of carbonyl (C=O) groups excluding carboxylic acids is 1. The number of hydrogen-bond acceptors (Lipinski definition) is 3. The Balaban J connectivity index is 2.43. The van der Waals surface area contributed by atoms with Crippen LogP contribution >= 0.6 is 0 Å². The molecule has 0 aromatic carbocycles. The van der Waals surface area contributed by atoms with Crippen LogP contribution in [0.3, 0.4) is 0 Å². The molecule has 0 aliphatic heterocycles. The summed E-state index contributed by atoms with van der Waals surface area (Å²) in [7, 11) is 0. The van der Waals surface area contributed by atoms with Gasteiger partial charge in [0.1, 0.15) is 13.2 Å². The molecule has 0 saturated heterocycles. The molecule has 6 nitrogen and oxygen atoms in total. The minimum atomic E-state index is -1.10. The van der Waals surface area contributed by atoms with Gasteiger partial charge in [-0.15, -0.1) is 0 Å². The molecule has 16 heavy (non-hydrogen) atoms. The first-order valence-corrected chi connectivity index (χ1v) is 4.75. The molecule has 0 radical (unpaired) electrons. The zero-order valence-corrected chi connectivity index (χ0v) is 9.19. The van der Waals surface area contributed by atoms with Gasteiger partial charge in [0.25, 0.3) is 5.91 Å². The minimum absolute atomic E-state index is 0.274. The van der Waals surface area contributed by atoms with E-state index in [1.165, 1.54) is 0 Å². The quantitative estimate of drug-likeness (QED) is 0.755. The van der Waals surface area contributed by atoms with Crippen LogP contribution < -0.4 is 5.43 Å². The lowest BCUT2D eigenvalue weighted by atomic mass is 10.5. The van der Waals surface area contributed by atoms with Gasteiger partial charge in [0.05, 0.1) is 0 Å². The predicted molar refractivity (Wildman–Crippen MR) is 56.7 cm³/mol. The van der Waals surface area contributed by atoms with Crippen molar-refractivity contribution < 1.29 is 19.4 Å². The fourth-order valence-electron chi connectivity index (χ4n) is 1.23. The number of ether oxygens (including phenoxy) is 1. The van der Waals surface area contributed by atoms with Gasteiger partial charge in [-0.1, -0.05) is 0 Å². The highest BCUT2D eigenvalue weighted by Gasteiger charge is 2.06. The fourth-order valence-corrected chi connectivity index (χ4v) is 1.23. The second kappa shape index (κ2) is 5.32. The van der Waals surface area contributed by atoms with Crippen molar-refractivity contribution >= 4 is 11.9 Å². The third-order valence-corrected chi connectivity index (χ3v) is 1.97. The lowest BCUT2D eigenvalue weighted by molar-refractivity contribution is -0.143. The molecule has 88 valence electrons. The number of hydrogen-bond donors (Lipinski definition) is 2. The van der Waals surface area contributed by atoms with Crippen LogP contribution in [0.5, 0.6) is 0 Å². The molecule has 2 N–H and O–H groups in total. The summed E-state index contributed by atoms with van der Waals surface area (Å²) in [5.74, 6) is -1.48. The average Bonchev–Trinajstić information content (AvgIpc) is 2.49. The number of carbonyl (C=O) groups is 2. The van der Waals surface area contributed by atoms with E-state index in [9.17, 15) is 9.59 Å². The van der Waals surface area contributed by atoms with Crippen molar-refractivity contribution in [2.24, 2.45) is 0 Å². The van der Waals surface area contributed by atoms with E-state index in [1.54, 1.807) is 4.68 Å². The molecule has 6 heteroatoms. The largest absolute Gasteiger partial charge is 0.480 e. The van der Waals surface area contributed by atoms with Gasteiger partial charge in [-0.2, -0.15) is 0 Å². The molecule has 1 aromatic heterocycles. The number of carboxylic acid groups (broad SMARTS) is 1. The van der Waals surface area contributed by atoms with Crippen LogP contribution in [0.25, 0.3) is 0 Å². The number of aryl methyl sites for hydroxylation is 2. The highest BCUT2D eigenvalue weighted by molar-refractivity contribution is 5.85. The number of nitrogens with one attached hydrogen (secondary N) is 1. The highest BCUT2D eigenvalue weighted by atomic mass is 16.5. The van der Waals surface area contributed by atoms with Crippen molar-refractivity contribution in [3.8, 4) is 0 Å². The van der Waals surface area contributed by atoms with E-state index in [1.807, 2.05) is 26.0 Å². The molecule has 0 unspecified atom stereocenters. The van der Waals surface area contributed by atoms with Crippen LogP contribution in [0.4, 0.5) is 0 Å². The van der Waals surface area contributed by atoms with Gasteiger partial charge in [0.15, 0.2) is 0 Å². The minimum Gasteiger partial charge on any atom is -0.480 e. The Morgan fingerprint density at radius 1 is 1.31 bits per heavy atom. The molecule has 0 atom stereocenters. The van der Waals surface area contributed by atoms with E-state index >= 15 is 0 Å². The lowest BCUT2D eigenvalue weighted by Crippen LogP contribution is -2.29. The monoisotopic (exact) mass is 226 g/mol. The second-order valence-corrected chi connectivity index (χ2v) is 3.37. The third kappa shape index (κ3) is 3.39. The van der Waals surface area contributed by atoms with Crippen molar-refractivity contribution in [2.75, 3.05) is 18.6 Å². The molecule has 0 fully saturated rings. The van der Waals surface area contributed by atoms with Crippen molar-refractivity contribution in [1.82, 2.24) is 4.68 Å². The molecule has 0 saturated carbocycles. The predicted octanol–water partition coefficient (Wildman–Crippen LogP) is 0.276. The molecule has 0 spiro atoms. The zero-order valence-electron chi connectivity index (χ0n) is 9.19. The van der Waals surface area contributed by atoms with E-state index in [0.29, 0.717) is 0 Å². The van der Waals surface area contributed by atoms with E-state index in [4.69, 9.17) is 5.11 Å². The number of nitrogens with zero attached hydrogens (tertiary/aromatic N) is 1. The van der Waals surface area contributed by atoms with Crippen molar-refractivity contribution in [1.29, 1.82) is 0 Å². The van der Waals surface area contributed by atoms with Gasteiger partial charge in [-0.3, -0.25) is 14.9 Å². The molecule has 0 bridgehead atoms. The fraction of sp³-hybridized carbons (Fsp3) is 0.400. The van der Waals surface area contributed by atoms with Crippen LogP contribution in [0.2, 0.25) is 0 Å². The number of carboxylic acids is 1. The van der Waals surface area contributed by atoms with Crippen LogP contribution in [0.1, 0.15) is 11.4 Å². The summed E-state index contributed by atoms with van der Waals surface area (Å²) in [5, 5.41) is 8.31. The Kier molecular flexibility index (Phi) is 4.07. The lowest BCUT2D eigenvalue weighted by Gasteiger charge is -2.10. The first-order valence-electron chi connectivity index (χ1n) is 4.75. The molecule has 0 aliphatic carbocycles. The SMILES string of the molecule is Cc1ccc(C)n1NC(=O)COCC(=O)O. The van der Waals surface area contributed by atoms with Gasteiger partial charge in [-0.05, 0) is 26.0 Å². The summed E-state index contributed by atoms with van der Waals surface area (Å²) in [4.78, 5) is 21.5. The van der Waals surface area contributed by atoms with Crippen molar-refractivity contribution in [3.63, 3.8) is 0 Å². The molecule has 0 aliphatic rings. The Hall–Kier alpha value is -1.82. The maximum Gasteiger partial charge on any atom is 0.329 e. The van der Waals surface area contributed by atoms with E-state index in [2.05, 4.69) is 10.2 Å². The van der Waals surface area contributed by atoms with E-state index < -0.39 is 12.6 Å². The van der Waals surface area contributed by atoms with Crippen LogP contribution in [0, 0.1) is 13.8 Å². The summed E-state index contributed by atoms with van der Waals surface area (Å²) in [6, 6.07) is 3.74. The van der Waals surface area contributed by atoms with Gasteiger partial charge < -0.3 is 9.84 Å². The summed E-state index contributed by atoms with van der Waals surface area (Å²) >= 11 is 0. The van der Waals surface area contributed by atoms with Crippen LogP contribution in [0.15, 0.2) is 12.1 Å². The summed E-state index contributed by atoms with van der Waals surface area (Å²) in [6.45, 7) is 2.96. The third-order valence-electron chi connectivity index (χ3n) is 1.97. The Morgan fingerprint density at radius 3 is 2.38 bits per heavy atom. The number of aliphatic carboxylic acids is 1. The van der Waals surface area contributed by atoms with Gasteiger partial charge >= 0.3 is 5.97 Å². The van der Waals surface area contributed by atoms with E-state index in [0.717, 1.165) is 11.4 Å². The number of rotatable bonds is 5. The van der Waals surface area contributed by atoms with Crippen molar-refractivity contribution in [2.45, 2.75) is 13.8 Å².